The number of hydrogen-bond donors (Lipinski definition) is 0. The van der Waals surface area contributed by atoms with Crippen LogP contribution in [0.15, 0.2) is 52.2 Å². The summed E-state index contributed by atoms with van der Waals surface area (Å²) in [6.45, 7) is 2.46. The van der Waals surface area contributed by atoms with Gasteiger partial charge < -0.3 is 9.32 Å². The van der Waals surface area contributed by atoms with E-state index in [1.807, 2.05) is 37.3 Å². The zero-order valence-corrected chi connectivity index (χ0v) is 14.2. The molecular weight excluding hydrogens is 326 g/mol. The maximum Gasteiger partial charge on any atom is 0.233 e. The predicted molar refractivity (Wildman–Crippen MR) is 89.8 cm³/mol. The molecule has 0 fully saturated rings. The third-order valence-corrected chi connectivity index (χ3v) is 4.35. The topological polar surface area (TPSA) is 77.1 Å². The molecule has 8 heteroatoms. The number of aryl methyl sites for hydroxylation is 1. The summed E-state index contributed by atoms with van der Waals surface area (Å²) < 4.78 is 6.88. The van der Waals surface area contributed by atoms with E-state index in [2.05, 4.69) is 15.5 Å². The normalized spacial score (nSPS) is 10.8. The molecule has 0 spiro atoms. The zero-order chi connectivity index (χ0) is 16.9. The summed E-state index contributed by atoms with van der Waals surface area (Å²) in [5.74, 6) is 0.985. The van der Waals surface area contributed by atoms with Gasteiger partial charge in [-0.1, -0.05) is 29.5 Å². The average molecular weight is 343 g/mol. The van der Waals surface area contributed by atoms with Gasteiger partial charge in [0.15, 0.2) is 0 Å². The molecule has 7 nitrogen and oxygen atoms in total. The lowest BCUT2D eigenvalue weighted by Crippen LogP contribution is -2.27. The first-order valence-corrected chi connectivity index (χ1v) is 8.36. The molecule has 0 aliphatic carbocycles. The van der Waals surface area contributed by atoms with Gasteiger partial charge in [0.25, 0.3) is 0 Å². The van der Waals surface area contributed by atoms with E-state index in [1.54, 1.807) is 29.0 Å². The highest BCUT2D eigenvalue weighted by Gasteiger charge is 2.15. The van der Waals surface area contributed by atoms with Crippen LogP contribution in [0.4, 0.5) is 0 Å². The van der Waals surface area contributed by atoms with Gasteiger partial charge in [-0.15, -0.1) is 5.10 Å². The summed E-state index contributed by atoms with van der Waals surface area (Å²) in [5.41, 5.74) is 2.03. The number of hydrogen-bond acceptors (Lipinski definition) is 6. The molecule has 0 saturated carbocycles. The average Bonchev–Trinajstić information content (AvgIpc) is 3.25. The fourth-order valence-corrected chi connectivity index (χ4v) is 2.91. The molecule has 3 rings (SSSR count). The Labute approximate surface area is 143 Å². The third-order valence-electron chi connectivity index (χ3n) is 3.44. The van der Waals surface area contributed by atoms with Gasteiger partial charge in [-0.25, -0.2) is 0 Å². The van der Waals surface area contributed by atoms with E-state index in [1.165, 1.54) is 11.8 Å². The molecule has 0 atom stereocenters. The lowest BCUT2D eigenvalue weighted by molar-refractivity contribution is -0.127. The first kappa shape index (κ1) is 16.3. The molecule has 24 heavy (non-hydrogen) atoms. The minimum absolute atomic E-state index is 0.0187. The molecule has 0 aliphatic heterocycles. The Morgan fingerprint density at radius 3 is 2.79 bits per heavy atom. The monoisotopic (exact) mass is 343 g/mol. The number of thioether (sulfide) groups is 1. The van der Waals surface area contributed by atoms with Crippen molar-refractivity contribution >= 4 is 17.7 Å². The maximum absolute atomic E-state index is 12.2. The summed E-state index contributed by atoms with van der Waals surface area (Å²) in [6, 6.07) is 11.5. The van der Waals surface area contributed by atoms with Gasteiger partial charge in [-0.3, -0.25) is 4.79 Å². The van der Waals surface area contributed by atoms with E-state index >= 15 is 0 Å². The number of nitrogens with zero attached hydrogens (tertiary/aromatic N) is 5. The summed E-state index contributed by atoms with van der Waals surface area (Å²) >= 11 is 1.31. The predicted octanol–water partition coefficient (Wildman–Crippen LogP) is 2.31. The second-order valence-corrected chi connectivity index (χ2v) is 6.27. The number of benzene rings is 1. The number of carbonyl (C=O) groups is 1. The highest BCUT2D eigenvalue weighted by Crippen LogP contribution is 2.19. The summed E-state index contributed by atoms with van der Waals surface area (Å²) in [5, 5.41) is 12.3. The van der Waals surface area contributed by atoms with Crippen molar-refractivity contribution in [3.8, 4) is 5.69 Å². The Morgan fingerprint density at radius 1 is 1.29 bits per heavy atom. The minimum atomic E-state index is -0.0187. The summed E-state index contributed by atoms with van der Waals surface area (Å²) in [7, 11) is 1.74. The van der Waals surface area contributed by atoms with E-state index in [4.69, 9.17) is 4.42 Å². The summed E-state index contributed by atoms with van der Waals surface area (Å²) in [4.78, 5) is 13.9. The van der Waals surface area contributed by atoms with E-state index in [0.29, 0.717) is 11.7 Å². The number of carbonyl (C=O) groups excluding carboxylic acids is 1. The Bertz CT molecular complexity index is 798. The van der Waals surface area contributed by atoms with E-state index < -0.39 is 0 Å². The molecule has 1 aromatic carbocycles. The van der Waals surface area contributed by atoms with Gasteiger partial charge in [0.2, 0.25) is 11.1 Å². The molecule has 124 valence electrons. The highest BCUT2D eigenvalue weighted by molar-refractivity contribution is 7.99. The number of furan rings is 1. The van der Waals surface area contributed by atoms with Crippen LogP contribution in [-0.2, 0) is 11.3 Å². The Morgan fingerprint density at radius 2 is 2.08 bits per heavy atom. The molecule has 3 aromatic rings. The number of amides is 1. The number of aromatic nitrogens is 4. The van der Waals surface area contributed by atoms with Crippen LogP contribution >= 0.6 is 11.8 Å². The van der Waals surface area contributed by atoms with Gasteiger partial charge in [0.05, 0.1) is 24.2 Å². The number of rotatable bonds is 6. The number of tetrazole rings is 1. The zero-order valence-electron chi connectivity index (χ0n) is 13.4. The van der Waals surface area contributed by atoms with Crippen LogP contribution in [-0.4, -0.2) is 43.8 Å². The van der Waals surface area contributed by atoms with Crippen molar-refractivity contribution in [2.45, 2.75) is 18.6 Å². The molecule has 0 N–H and O–H groups in total. The third kappa shape index (κ3) is 3.83. The van der Waals surface area contributed by atoms with Crippen molar-refractivity contribution in [1.82, 2.24) is 25.1 Å². The molecule has 0 saturated heterocycles. The molecule has 2 heterocycles. The van der Waals surface area contributed by atoms with Gasteiger partial charge in [0.1, 0.15) is 5.76 Å². The van der Waals surface area contributed by atoms with Crippen LogP contribution in [0.2, 0.25) is 0 Å². The SMILES string of the molecule is Cc1ccc(-n2nnnc2SCC(=O)N(C)Cc2ccco2)cc1. The van der Waals surface area contributed by atoms with Crippen LogP contribution in [0.5, 0.6) is 0 Å². The largest absolute Gasteiger partial charge is 0.467 e. The second-order valence-electron chi connectivity index (χ2n) is 5.33. The summed E-state index contributed by atoms with van der Waals surface area (Å²) in [6.07, 6.45) is 1.60. The van der Waals surface area contributed by atoms with Gasteiger partial charge in [-0.2, -0.15) is 4.68 Å². The van der Waals surface area contributed by atoms with Crippen molar-refractivity contribution in [2.75, 3.05) is 12.8 Å². The fourth-order valence-electron chi connectivity index (χ4n) is 2.08. The van der Waals surface area contributed by atoms with Crippen molar-refractivity contribution in [3.63, 3.8) is 0 Å². The van der Waals surface area contributed by atoms with Gasteiger partial charge in [-0.05, 0) is 41.6 Å². The Hall–Kier alpha value is -2.61. The Balaban J connectivity index is 1.62. The van der Waals surface area contributed by atoms with Crippen molar-refractivity contribution in [2.24, 2.45) is 0 Å². The fraction of sp³-hybridized carbons (Fsp3) is 0.250. The van der Waals surface area contributed by atoms with Crippen LogP contribution < -0.4 is 0 Å². The minimum Gasteiger partial charge on any atom is -0.467 e. The Kier molecular flexibility index (Phi) is 4.95. The maximum atomic E-state index is 12.2. The lowest BCUT2D eigenvalue weighted by atomic mass is 10.2. The highest BCUT2D eigenvalue weighted by atomic mass is 32.2. The van der Waals surface area contributed by atoms with Gasteiger partial charge in [0, 0.05) is 7.05 Å². The van der Waals surface area contributed by atoms with Crippen LogP contribution in [0.1, 0.15) is 11.3 Å². The smallest absolute Gasteiger partial charge is 0.233 e. The molecule has 0 unspecified atom stereocenters. The van der Waals surface area contributed by atoms with Crippen LogP contribution in [0.3, 0.4) is 0 Å². The van der Waals surface area contributed by atoms with Crippen molar-refractivity contribution < 1.29 is 9.21 Å². The second kappa shape index (κ2) is 7.31. The van der Waals surface area contributed by atoms with E-state index in [-0.39, 0.29) is 11.7 Å². The molecular formula is C16H17N5O2S. The molecule has 1 amide bonds. The van der Waals surface area contributed by atoms with Gasteiger partial charge >= 0.3 is 0 Å². The molecule has 2 aromatic heterocycles. The van der Waals surface area contributed by atoms with Crippen molar-refractivity contribution in [1.29, 1.82) is 0 Å². The molecule has 0 bridgehead atoms. The first-order valence-electron chi connectivity index (χ1n) is 7.38. The molecule has 0 aliphatic rings. The standard InChI is InChI=1S/C16H17N5O2S/c1-12-5-7-13(8-6-12)21-16(17-18-19-21)24-11-15(22)20(2)10-14-4-3-9-23-14/h3-9H,10-11H2,1-2H3. The van der Waals surface area contributed by atoms with E-state index in [9.17, 15) is 4.79 Å². The van der Waals surface area contributed by atoms with E-state index in [0.717, 1.165) is 17.0 Å². The van der Waals surface area contributed by atoms with Crippen LogP contribution in [0, 0.1) is 6.92 Å². The van der Waals surface area contributed by atoms with Crippen LogP contribution in [0.25, 0.3) is 5.69 Å². The first-order chi connectivity index (χ1) is 11.6. The molecule has 0 radical (unpaired) electrons. The lowest BCUT2D eigenvalue weighted by Gasteiger charge is -2.15. The quantitative estimate of drug-likeness (QED) is 0.639. The van der Waals surface area contributed by atoms with Crippen molar-refractivity contribution in [3.05, 3.63) is 54.0 Å².